The molecule has 70 valence electrons. The maximum Gasteiger partial charge on any atom is 0.120 e. The van der Waals surface area contributed by atoms with Gasteiger partial charge in [-0.05, 0) is 12.1 Å². The quantitative estimate of drug-likeness (QED) is 0.697. The number of benzene rings is 1. The van der Waals surface area contributed by atoms with E-state index in [0.717, 1.165) is 18.8 Å². The zero-order chi connectivity index (χ0) is 9.26. The van der Waals surface area contributed by atoms with Crippen molar-refractivity contribution in [2.24, 2.45) is 5.73 Å². The second-order valence-electron chi connectivity index (χ2n) is 3.24. The lowest BCUT2D eigenvalue weighted by molar-refractivity contribution is 0.415. The first-order chi connectivity index (χ1) is 6.35. The van der Waals surface area contributed by atoms with Crippen LogP contribution in [-0.4, -0.2) is 26.2 Å². The van der Waals surface area contributed by atoms with Gasteiger partial charge >= 0.3 is 0 Å². The number of rotatable bonds is 3. The molecule has 1 fully saturated rings. The van der Waals surface area contributed by atoms with Crippen LogP contribution in [0.5, 0.6) is 5.75 Å². The van der Waals surface area contributed by atoms with Crippen LogP contribution in [0.4, 0.5) is 5.69 Å². The predicted octanol–water partition coefficient (Wildman–Crippen LogP) is 0.842. The molecule has 0 aliphatic carbocycles. The van der Waals surface area contributed by atoms with Crippen LogP contribution >= 0.6 is 0 Å². The smallest absolute Gasteiger partial charge is 0.120 e. The summed E-state index contributed by atoms with van der Waals surface area (Å²) in [5.41, 5.74) is 6.76. The molecule has 1 unspecified atom stereocenters. The Morgan fingerprint density at radius 3 is 3.08 bits per heavy atom. The molecule has 1 heterocycles. The summed E-state index contributed by atoms with van der Waals surface area (Å²) in [6.07, 6.45) is 0. The third-order valence-electron chi connectivity index (χ3n) is 2.37. The first kappa shape index (κ1) is 8.38. The summed E-state index contributed by atoms with van der Waals surface area (Å²) in [5, 5.41) is 0. The Morgan fingerprint density at radius 1 is 1.62 bits per heavy atom. The van der Waals surface area contributed by atoms with Crippen LogP contribution in [0, 0.1) is 0 Å². The first-order valence-electron chi connectivity index (χ1n) is 4.46. The van der Waals surface area contributed by atoms with Gasteiger partial charge in [-0.3, -0.25) is 0 Å². The largest absolute Gasteiger partial charge is 0.497 e. The Morgan fingerprint density at radius 2 is 2.46 bits per heavy atom. The zero-order valence-electron chi connectivity index (χ0n) is 7.73. The van der Waals surface area contributed by atoms with Crippen molar-refractivity contribution in [1.82, 2.24) is 0 Å². The summed E-state index contributed by atoms with van der Waals surface area (Å²) in [6.45, 7) is 1.81. The molecule has 0 aromatic heterocycles. The summed E-state index contributed by atoms with van der Waals surface area (Å²) in [5.74, 6) is 0.903. The van der Waals surface area contributed by atoms with Crippen LogP contribution in [0.3, 0.4) is 0 Å². The maximum absolute atomic E-state index is 5.56. The topological polar surface area (TPSA) is 38.3 Å². The van der Waals surface area contributed by atoms with E-state index in [4.69, 9.17) is 10.5 Å². The van der Waals surface area contributed by atoms with E-state index in [2.05, 4.69) is 11.0 Å². The van der Waals surface area contributed by atoms with Gasteiger partial charge in [-0.2, -0.15) is 0 Å². The van der Waals surface area contributed by atoms with E-state index in [1.54, 1.807) is 7.11 Å². The molecule has 1 saturated heterocycles. The monoisotopic (exact) mass is 178 g/mol. The molecule has 1 aliphatic rings. The number of methoxy groups -OCH3 is 1. The van der Waals surface area contributed by atoms with Crippen molar-refractivity contribution in [2.75, 3.05) is 25.1 Å². The van der Waals surface area contributed by atoms with Crippen molar-refractivity contribution < 1.29 is 4.74 Å². The first-order valence-corrected chi connectivity index (χ1v) is 4.46. The maximum atomic E-state index is 5.56. The van der Waals surface area contributed by atoms with Crippen molar-refractivity contribution in [2.45, 2.75) is 6.04 Å². The highest BCUT2D eigenvalue weighted by Crippen LogP contribution is 2.29. The summed E-state index contributed by atoms with van der Waals surface area (Å²) < 4.78 is 5.14. The number of ether oxygens (including phenoxy) is 1. The van der Waals surface area contributed by atoms with E-state index in [1.165, 1.54) is 5.69 Å². The van der Waals surface area contributed by atoms with Gasteiger partial charge in [0, 0.05) is 24.8 Å². The van der Waals surface area contributed by atoms with Crippen LogP contribution in [0.1, 0.15) is 0 Å². The number of anilines is 1. The average molecular weight is 178 g/mol. The van der Waals surface area contributed by atoms with Crippen molar-refractivity contribution in [3.05, 3.63) is 24.3 Å². The molecule has 1 atom stereocenters. The van der Waals surface area contributed by atoms with E-state index >= 15 is 0 Å². The summed E-state index contributed by atoms with van der Waals surface area (Å²) in [7, 11) is 1.68. The van der Waals surface area contributed by atoms with Gasteiger partial charge in [0.15, 0.2) is 0 Å². The zero-order valence-corrected chi connectivity index (χ0v) is 7.73. The number of hydrogen-bond donors (Lipinski definition) is 1. The Bertz CT molecular complexity index is 301. The standard InChI is InChI=1S/C10H14N2O/c1-13-10-4-2-3-8(5-10)12-7-9(12)6-11/h2-5,9H,6-7,11H2,1H3. The summed E-state index contributed by atoms with van der Waals surface area (Å²) >= 11 is 0. The molecular formula is C10H14N2O. The highest BCUT2D eigenvalue weighted by molar-refractivity contribution is 5.56. The minimum atomic E-state index is 0.534. The molecule has 0 radical (unpaired) electrons. The summed E-state index contributed by atoms with van der Waals surface area (Å²) in [4.78, 5) is 2.27. The molecule has 1 aliphatic heterocycles. The second kappa shape index (κ2) is 3.26. The molecule has 13 heavy (non-hydrogen) atoms. The van der Waals surface area contributed by atoms with Crippen LogP contribution < -0.4 is 15.4 Å². The molecule has 0 amide bonds. The molecular weight excluding hydrogens is 164 g/mol. The molecule has 0 bridgehead atoms. The Kier molecular flexibility index (Phi) is 2.10. The lowest BCUT2D eigenvalue weighted by Crippen LogP contribution is -2.11. The van der Waals surface area contributed by atoms with Crippen molar-refractivity contribution in [1.29, 1.82) is 0 Å². The van der Waals surface area contributed by atoms with Crippen LogP contribution in [0.25, 0.3) is 0 Å². The SMILES string of the molecule is COc1cccc(N2CC2CN)c1. The van der Waals surface area contributed by atoms with Gasteiger partial charge in [0.05, 0.1) is 13.2 Å². The minimum absolute atomic E-state index is 0.534. The van der Waals surface area contributed by atoms with Gasteiger partial charge in [-0.1, -0.05) is 6.07 Å². The van der Waals surface area contributed by atoms with Gasteiger partial charge in [-0.25, -0.2) is 0 Å². The van der Waals surface area contributed by atoms with E-state index in [1.807, 2.05) is 18.2 Å². The van der Waals surface area contributed by atoms with Crippen LogP contribution in [0.2, 0.25) is 0 Å². The molecule has 2 rings (SSSR count). The fourth-order valence-electron chi connectivity index (χ4n) is 1.49. The second-order valence-corrected chi connectivity index (χ2v) is 3.24. The fraction of sp³-hybridized carbons (Fsp3) is 0.400. The van der Waals surface area contributed by atoms with Gasteiger partial charge in [0.25, 0.3) is 0 Å². The molecule has 0 saturated carbocycles. The average Bonchev–Trinajstić information content (AvgIpc) is 2.97. The van der Waals surface area contributed by atoms with Gasteiger partial charge in [-0.15, -0.1) is 0 Å². The highest BCUT2D eigenvalue weighted by atomic mass is 16.5. The third-order valence-corrected chi connectivity index (χ3v) is 2.37. The van der Waals surface area contributed by atoms with Crippen molar-refractivity contribution in [3.8, 4) is 5.75 Å². The van der Waals surface area contributed by atoms with Crippen LogP contribution in [0.15, 0.2) is 24.3 Å². The van der Waals surface area contributed by atoms with E-state index in [0.29, 0.717) is 6.04 Å². The molecule has 1 aromatic rings. The number of hydrogen-bond acceptors (Lipinski definition) is 3. The molecule has 1 aromatic carbocycles. The van der Waals surface area contributed by atoms with Gasteiger partial charge in [0.1, 0.15) is 5.75 Å². The predicted molar refractivity (Wildman–Crippen MR) is 53.2 cm³/mol. The molecule has 0 spiro atoms. The van der Waals surface area contributed by atoms with Crippen LogP contribution in [-0.2, 0) is 0 Å². The lowest BCUT2D eigenvalue weighted by atomic mass is 10.3. The van der Waals surface area contributed by atoms with E-state index < -0.39 is 0 Å². The molecule has 2 N–H and O–H groups in total. The Balaban J connectivity index is 2.13. The highest BCUT2D eigenvalue weighted by Gasteiger charge is 2.32. The normalized spacial score (nSPS) is 20.2. The van der Waals surface area contributed by atoms with Crippen molar-refractivity contribution >= 4 is 5.69 Å². The van der Waals surface area contributed by atoms with E-state index in [9.17, 15) is 0 Å². The fourth-order valence-corrected chi connectivity index (χ4v) is 1.49. The third kappa shape index (κ3) is 1.60. The molecule has 3 heteroatoms. The number of nitrogens with zero attached hydrogens (tertiary/aromatic N) is 1. The summed E-state index contributed by atoms with van der Waals surface area (Å²) in [6, 6.07) is 8.60. The lowest BCUT2D eigenvalue weighted by Gasteiger charge is -2.06. The Labute approximate surface area is 78.1 Å². The van der Waals surface area contributed by atoms with E-state index in [-0.39, 0.29) is 0 Å². The molecule has 3 nitrogen and oxygen atoms in total. The van der Waals surface area contributed by atoms with Gasteiger partial charge in [0.2, 0.25) is 0 Å². The Hall–Kier alpha value is -1.22. The van der Waals surface area contributed by atoms with Crippen molar-refractivity contribution in [3.63, 3.8) is 0 Å². The number of nitrogens with two attached hydrogens (primary N) is 1. The van der Waals surface area contributed by atoms with Gasteiger partial charge < -0.3 is 15.4 Å². The minimum Gasteiger partial charge on any atom is -0.497 e.